The van der Waals surface area contributed by atoms with Gasteiger partial charge in [0.25, 0.3) is 11.8 Å². The summed E-state index contributed by atoms with van der Waals surface area (Å²) in [6.07, 6.45) is 0.367. The molecule has 1 aliphatic heterocycles. The first-order chi connectivity index (χ1) is 15.2. The second kappa shape index (κ2) is 8.54. The lowest BCUT2D eigenvalue weighted by Gasteiger charge is -2.21. The highest BCUT2D eigenvalue weighted by Gasteiger charge is 2.44. The zero-order valence-electron chi connectivity index (χ0n) is 17.3. The molecule has 0 radical (unpaired) electrons. The SMILES string of the molecule is CCS[C@@H]1C[C@@H](C(=O)O)N(C(=O)CNC(=O)c2ccc3c(c2)-c2ccccc2C3(F)F)C1. The van der Waals surface area contributed by atoms with Crippen LogP contribution in [-0.2, 0) is 15.5 Å². The van der Waals surface area contributed by atoms with Crippen molar-refractivity contribution in [2.24, 2.45) is 0 Å². The fourth-order valence-corrected chi connectivity index (χ4v) is 5.40. The molecule has 0 spiro atoms. The highest BCUT2D eigenvalue weighted by atomic mass is 32.2. The summed E-state index contributed by atoms with van der Waals surface area (Å²) in [5.74, 6) is -4.45. The number of carbonyl (C=O) groups is 3. The first-order valence-electron chi connectivity index (χ1n) is 10.3. The number of nitrogens with one attached hydrogen (secondary N) is 1. The Balaban J connectivity index is 1.47. The van der Waals surface area contributed by atoms with E-state index in [4.69, 9.17) is 0 Å². The Labute approximate surface area is 188 Å². The van der Waals surface area contributed by atoms with Gasteiger partial charge in [-0.05, 0) is 35.4 Å². The van der Waals surface area contributed by atoms with Gasteiger partial charge in [-0.2, -0.15) is 20.5 Å². The lowest BCUT2D eigenvalue weighted by molar-refractivity contribution is -0.147. The monoisotopic (exact) mass is 460 g/mol. The zero-order chi connectivity index (χ0) is 23.0. The van der Waals surface area contributed by atoms with E-state index in [2.05, 4.69) is 5.32 Å². The van der Waals surface area contributed by atoms with Crippen LogP contribution < -0.4 is 5.32 Å². The molecule has 0 bridgehead atoms. The number of alkyl halides is 2. The molecule has 6 nitrogen and oxygen atoms in total. The van der Waals surface area contributed by atoms with E-state index in [0.29, 0.717) is 18.5 Å². The molecule has 0 aromatic heterocycles. The molecule has 2 aromatic carbocycles. The maximum Gasteiger partial charge on any atom is 0.326 e. The van der Waals surface area contributed by atoms with Crippen LogP contribution in [0.15, 0.2) is 42.5 Å². The van der Waals surface area contributed by atoms with E-state index < -0.39 is 29.7 Å². The van der Waals surface area contributed by atoms with Crippen molar-refractivity contribution in [3.8, 4) is 11.1 Å². The van der Waals surface area contributed by atoms with Gasteiger partial charge in [-0.3, -0.25) is 9.59 Å². The van der Waals surface area contributed by atoms with Crippen LogP contribution in [0.3, 0.4) is 0 Å². The topological polar surface area (TPSA) is 86.7 Å². The summed E-state index contributed by atoms with van der Waals surface area (Å²) in [6, 6.07) is 9.19. The Hall–Kier alpha value is -2.94. The van der Waals surface area contributed by atoms with Gasteiger partial charge in [0.1, 0.15) is 6.04 Å². The van der Waals surface area contributed by atoms with E-state index >= 15 is 0 Å². The zero-order valence-corrected chi connectivity index (χ0v) is 18.1. The van der Waals surface area contributed by atoms with Crippen LogP contribution in [0.4, 0.5) is 8.78 Å². The molecule has 9 heteroatoms. The minimum Gasteiger partial charge on any atom is -0.480 e. The highest BCUT2D eigenvalue weighted by Crippen LogP contribution is 2.50. The number of carbonyl (C=O) groups excluding carboxylic acids is 2. The number of amides is 2. The predicted molar refractivity (Wildman–Crippen MR) is 117 cm³/mol. The van der Waals surface area contributed by atoms with Crippen LogP contribution in [-0.4, -0.2) is 57.9 Å². The number of hydrogen-bond donors (Lipinski definition) is 2. The third-order valence-electron chi connectivity index (χ3n) is 5.85. The summed E-state index contributed by atoms with van der Waals surface area (Å²) in [7, 11) is 0. The van der Waals surface area contributed by atoms with Crippen LogP contribution in [0.1, 0.15) is 34.8 Å². The Kier molecular flexibility index (Phi) is 5.94. The van der Waals surface area contributed by atoms with Gasteiger partial charge >= 0.3 is 5.97 Å². The number of thioether (sulfide) groups is 1. The molecule has 1 aliphatic carbocycles. The average molecular weight is 461 g/mol. The lowest BCUT2D eigenvalue weighted by atomic mass is 10.0. The number of aliphatic carboxylic acids is 1. The van der Waals surface area contributed by atoms with Crippen molar-refractivity contribution in [1.82, 2.24) is 10.2 Å². The molecular formula is C23H22F2N2O4S. The Morgan fingerprint density at radius 3 is 2.59 bits per heavy atom. The summed E-state index contributed by atoms with van der Waals surface area (Å²) in [5.41, 5.74) is 0.552. The molecule has 0 saturated carbocycles. The number of carboxylic acids is 1. The van der Waals surface area contributed by atoms with Crippen LogP contribution in [0.25, 0.3) is 11.1 Å². The molecule has 168 valence electrons. The standard InChI is InChI=1S/C23H22F2N2O4S/c1-2-32-14-10-19(22(30)31)27(12-14)20(28)11-26-21(29)13-7-8-18-16(9-13)15-5-3-4-6-17(15)23(18,24)25/h3-9,14,19H,2,10-12H2,1H3,(H,26,29)(H,30,31)/t14-,19+/m1/s1. The number of fused-ring (bicyclic) bond motifs is 3. The van der Waals surface area contributed by atoms with Gasteiger partial charge in [0, 0.05) is 28.5 Å². The smallest absolute Gasteiger partial charge is 0.326 e. The first kappa shape index (κ1) is 22.3. The van der Waals surface area contributed by atoms with Gasteiger partial charge in [-0.1, -0.05) is 37.3 Å². The third kappa shape index (κ3) is 3.85. The molecular weight excluding hydrogens is 438 g/mol. The summed E-state index contributed by atoms with van der Waals surface area (Å²) in [5, 5.41) is 12.0. The first-order valence-corrected chi connectivity index (χ1v) is 11.3. The molecule has 2 aliphatic rings. The molecule has 0 unspecified atom stereocenters. The van der Waals surface area contributed by atoms with E-state index in [-0.39, 0.29) is 34.0 Å². The van der Waals surface area contributed by atoms with Crippen molar-refractivity contribution < 1.29 is 28.3 Å². The largest absolute Gasteiger partial charge is 0.480 e. The number of hydrogen-bond acceptors (Lipinski definition) is 4. The van der Waals surface area contributed by atoms with Crippen molar-refractivity contribution >= 4 is 29.5 Å². The molecule has 1 fully saturated rings. The third-order valence-corrected chi connectivity index (χ3v) is 6.99. The molecule has 2 amide bonds. The average Bonchev–Trinajstić information content (AvgIpc) is 3.30. The second-order valence-corrected chi connectivity index (χ2v) is 9.35. The summed E-state index contributed by atoms with van der Waals surface area (Å²) in [6.45, 7) is 1.92. The number of benzene rings is 2. The van der Waals surface area contributed by atoms with Gasteiger partial charge in [-0.15, -0.1) is 0 Å². The minimum atomic E-state index is -3.13. The number of halogens is 2. The van der Waals surface area contributed by atoms with E-state index in [1.165, 1.54) is 29.2 Å². The molecule has 1 saturated heterocycles. The van der Waals surface area contributed by atoms with E-state index in [1.807, 2.05) is 6.92 Å². The van der Waals surface area contributed by atoms with Gasteiger partial charge < -0.3 is 15.3 Å². The maximum absolute atomic E-state index is 14.7. The van der Waals surface area contributed by atoms with Crippen molar-refractivity contribution in [3.05, 3.63) is 59.2 Å². The molecule has 2 N–H and O–H groups in total. The molecule has 4 rings (SSSR count). The van der Waals surface area contributed by atoms with Crippen molar-refractivity contribution in [3.63, 3.8) is 0 Å². The Morgan fingerprint density at radius 2 is 1.88 bits per heavy atom. The second-order valence-electron chi connectivity index (χ2n) is 7.78. The van der Waals surface area contributed by atoms with Crippen LogP contribution >= 0.6 is 11.8 Å². The molecule has 32 heavy (non-hydrogen) atoms. The number of rotatable bonds is 6. The van der Waals surface area contributed by atoms with Crippen LogP contribution in [0, 0.1) is 0 Å². The van der Waals surface area contributed by atoms with Crippen molar-refractivity contribution in [2.45, 2.75) is 30.6 Å². The summed E-state index contributed by atoms with van der Waals surface area (Å²) >= 11 is 1.60. The van der Waals surface area contributed by atoms with Gasteiger partial charge in [-0.25, -0.2) is 4.79 Å². The number of nitrogens with zero attached hydrogens (tertiary/aromatic N) is 1. The van der Waals surface area contributed by atoms with Gasteiger partial charge in [0.2, 0.25) is 5.91 Å². The summed E-state index contributed by atoms with van der Waals surface area (Å²) in [4.78, 5) is 38.1. The van der Waals surface area contributed by atoms with E-state index in [1.54, 1.807) is 30.0 Å². The van der Waals surface area contributed by atoms with Gasteiger partial charge in [0.15, 0.2) is 0 Å². The molecule has 2 atom stereocenters. The van der Waals surface area contributed by atoms with E-state index in [0.717, 1.165) is 5.75 Å². The Bertz CT molecular complexity index is 1090. The molecule has 2 aromatic rings. The lowest BCUT2D eigenvalue weighted by Crippen LogP contribution is -2.45. The highest BCUT2D eigenvalue weighted by molar-refractivity contribution is 7.99. The number of carboxylic acid groups (broad SMARTS) is 1. The quantitative estimate of drug-likeness (QED) is 0.691. The normalized spacial score (nSPS) is 20.5. The van der Waals surface area contributed by atoms with E-state index in [9.17, 15) is 28.3 Å². The predicted octanol–water partition coefficient (Wildman–Crippen LogP) is 3.34. The molecule has 1 heterocycles. The van der Waals surface area contributed by atoms with Crippen molar-refractivity contribution in [2.75, 3.05) is 18.8 Å². The Morgan fingerprint density at radius 1 is 1.16 bits per heavy atom. The minimum absolute atomic E-state index is 0.0409. The van der Waals surface area contributed by atoms with Gasteiger partial charge in [0.05, 0.1) is 6.54 Å². The van der Waals surface area contributed by atoms with Crippen molar-refractivity contribution in [1.29, 1.82) is 0 Å². The maximum atomic E-state index is 14.7. The number of likely N-dealkylation sites (tertiary alicyclic amines) is 1. The fraction of sp³-hybridized carbons (Fsp3) is 0.348. The van der Waals surface area contributed by atoms with Crippen LogP contribution in [0.2, 0.25) is 0 Å². The summed E-state index contributed by atoms with van der Waals surface area (Å²) < 4.78 is 29.4. The fourth-order valence-electron chi connectivity index (χ4n) is 4.34. The van der Waals surface area contributed by atoms with Crippen LogP contribution in [0.5, 0.6) is 0 Å².